The van der Waals surface area contributed by atoms with Crippen molar-refractivity contribution in [1.82, 2.24) is 16.0 Å². The fourth-order valence-corrected chi connectivity index (χ4v) is 2.09. The summed E-state index contributed by atoms with van der Waals surface area (Å²) in [5.41, 5.74) is 0.575. The molecule has 0 saturated heterocycles. The van der Waals surface area contributed by atoms with Crippen molar-refractivity contribution in [3.63, 3.8) is 0 Å². The van der Waals surface area contributed by atoms with E-state index in [4.69, 9.17) is 4.74 Å². The zero-order chi connectivity index (χ0) is 19.4. The topological polar surface area (TPSA) is 74.8 Å². The Bertz CT molecular complexity index is 574. The van der Waals surface area contributed by atoms with Crippen LogP contribution in [0.15, 0.2) is 29.3 Å². The van der Waals surface area contributed by atoms with Crippen LogP contribution in [0.2, 0.25) is 0 Å². The Morgan fingerprint density at radius 3 is 2.37 bits per heavy atom. The molecule has 0 fully saturated rings. The Morgan fingerprint density at radius 2 is 1.78 bits per heavy atom. The lowest BCUT2D eigenvalue weighted by Crippen LogP contribution is -2.38. The molecule has 8 heteroatoms. The summed E-state index contributed by atoms with van der Waals surface area (Å²) >= 11 is 0. The van der Waals surface area contributed by atoms with E-state index in [-0.39, 0.29) is 29.8 Å². The van der Waals surface area contributed by atoms with Crippen LogP contribution >= 0.6 is 24.0 Å². The second kappa shape index (κ2) is 13.6. The van der Waals surface area contributed by atoms with E-state index >= 15 is 0 Å². The molecule has 1 rings (SSSR count). The fourth-order valence-electron chi connectivity index (χ4n) is 2.09. The van der Waals surface area contributed by atoms with Gasteiger partial charge in [-0.25, -0.2) is 9.18 Å². The van der Waals surface area contributed by atoms with Crippen molar-refractivity contribution in [2.24, 2.45) is 4.99 Å². The second-order valence-electron chi connectivity index (χ2n) is 6.85. The van der Waals surface area contributed by atoms with Gasteiger partial charge < -0.3 is 20.7 Å². The van der Waals surface area contributed by atoms with E-state index in [0.717, 1.165) is 24.5 Å². The number of hydrogen-bond acceptors (Lipinski definition) is 3. The monoisotopic (exact) mass is 494 g/mol. The Morgan fingerprint density at radius 1 is 1.11 bits per heavy atom. The van der Waals surface area contributed by atoms with E-state index in [9.17, 15) is 9.18 Å². The maximum Gasteiger partial charge on any atom is 0.407 e. The van der Waals surface area contributed by atoms with Crippen LogP contribution in [0.3, 0.4) is 0 Å². The summed E-state index contributed by atoms with van der Waals surface area (Å²) in [6, 6.07) is 6.49. The first-order valence-corrected chi connectivity index (χ1v) is 9.03. The molecular formula is C19H32FIN4O2. The number of guanidine groups is 1. The standard InChI is InChI=1S/C19H31FN4O2.HI/c1-5-21-17(23-14-11-15-7-9-16(20)10-8-15)22-12-6-13-24-18(25)26-19(2,3)4;/h7-10H,5-6,11-14H2,1-4H3,(H,24,25)(H2,21,22,23);1H. The van der Waals surface area contributed by atoms with E-state index in [0.29, 0.717) is 26.1 Å². The number of nitrogens with zero attached hydrogens (tertiary/aromatic N) is 1. The van der Waals surface area contributed by atoms with Crippen LogP contribution in [0, 0.1) is 5.82 Å². The normalized spacial score (nSPS) is 11.4. The number of ether oxygens (including phenoxy) is 1. The third kappa shape index (κ3) is 13.3. The second-order valence-corrected chi connectivity index (χ2v) is 6.85. The first kappa shape index (κ1) is 25.4. The third-order valence-corrected chi connectivity index (χ3v) is 3.24. The molecule has 1 aromatic rings. The van der Waals surface area contributed by atoms with Gasteiger partial charge in [0.15, 0.2) is 5.96 Å². The molecule has 0 aliphatic heterocycles. The van der Waals surface area contributed by atoms with Crippen LogP contribution in [0.1, 0.15) is 39.7 Å². The van der Waals surface area contributed by atoms with E-state index in [1.54, 1.807) is 12.1 Å². The molecule has 0 heterocycles. The lowest BCUT2D eigenvalue weighted by Gasteiger charge is -2.19. The summed E-state index contributed by atoms with van der Waals surface area (Å²) in [6.07, 6.45) is 1.09. The predicted molar refractivity (Wildman–Crippen MR) is 118 cm³/mol. The smallest absolute Gasteiger partial charge is 0.407 e. The highest BCUT2D eigenvalue weighted by Crippen LogP contribution is 2.06. The minimum atomic E-state index is -0.491. The molecule has 0 bridgehead atoms. The number of benzene rings is 1. The molecule has 3 N–H and O–H groups in total. The van der Waals surface area contributed by atoms with Gasteiger partial charge in [-0.05, 0) is 58.2 Å². The van der Waals surface area contributed by atoms with Gasteiger partial charge in [0.2, 0.25) is 0 Å². The molecule has 154 valence electrons. The molecule has 0 aliphatic carbocycles. The summed E-state index contributed by atoms with van der Waals surface area (Å²) in [6.45, 7) is 10.0. The zero-order valence-electron chi connectivity index (χ0n) is 16.6. The van der Waals surface area contributed by atoms with Crippen molar-refractivity contribution in [3.05, 3.63) is 35.6 Å². The minimum absolute atomic E-state index is 0. The third-order valence-electron chi connectivity index (χ3n) is 3.24. The molecule has 0 aromatic heterocycles. The summed E-state index contributed by atoms with van der Waals surface area (Å²) in [5, 5.41) is 9.14. The first-order valence-electron chi connectivity index (χ1n) is 9.03. The van der Waals surface area contributed by atoms with Gasteiger partial charge in [0.1, 0.15) is 11.4 Å². The lowest BCUT2D eigenvalue weighted by molar-refractivity contribution is 0.0527. The summed E-state index contributed by atoms with van der Waals surface area (Å²) < 4.78 is 18.1. The molecule has 0 aliphatic rings. The van der Waals surface area contributed by atoms with Crippen LogP contribution in [-0.4, -0.2) is 43.8 Å². The molecule has 6 nitrogen and oxygen atoms in total. The predicted octanol–water partition coefficient (Wildman–Crippen LogP) is 3.46. The van der Waals surface area contributed by atoms with Crippen LogP contribution in [0.5, 0.6) is 0 Å². The number of nitrogens with one attached hydrogen (secondary N) is 3. The molecular weight excluding hydrogens is 462 g/mol. The highest BCUT2D eigenvalue weighted by Gasteiger charge is 2.15. The fraction of sp³-hybridized carbons (Fsp3) is 0.579. The van der Waals surface area contributed by atoms with Crippen molar-refractivity contribution >= 4 is 36.0 Å². The quantitative estimate of drug-likeness (QED) is 0.224. The number of carbonyl (C=O) groups is 1. The number of rotatable bonds is 8. The first-order chi connectivity index (χ1) is 12.3. The average molecular weight is 494 g/mol. The zero-order valence-corrected chi connectivity index (χ0v) is 18.9. The minimum Gasteiger partial charge on any atom is -0.444 e. The van der Waals surface area contributed by atoms with E-state index in [1.165, 1.54) is 12.1 Å². The molecule has 0 radical (unpaired) electrons. The van der Waals surface area contributed by atoms with Gasteiger partial charge in [0.25, 0.3) is 0 Å². The van der Waals surface area contributed by atoms with Gasteiger partial charge in [0, 0.05) is 26.2 Å². The van der Waals surface area contributed by atoms with Gasteiger partial charge in [-0.2, -0.15) is 0 Å². The summed E-state index contributed by atoms with van der Waals surface area (Å²) in [4.78, 5) is 16.0. The maximum absolute atomic E-state index is 12.9. The van der Waals surface area contributed by atoms with Crippen LogP contribution in [-0.2, 0) is 11.2 Å². The van der Waals surface area contributed by atoms with Gasteiger partial charge >= 0.3 is 6.09 Å². The van der Waals surface area contributed by atoms with Gasteiger partial charge in [-0.3, -0.25) is 4.99 Å². The van der Waals surface area contributed by atoms with E-state index < -0.39 is 11.7 Å². The Kier molecular flexibility index (Phi) is 12.8. The summed E-state index contributed by atoms with van der Waals surface area (Å²) in [7, 11) is 0. The van der Waals surface area contributed by atoms with Gasteiger partial charge in [-0.15, -0.1) is 24.0 Å². The van der Waals surface area contributed by atoms with Crippen molar-refractivity contribution < 1.29 is 13.9 Å². The maximum atomic E-state index is 12.9. The number of alkyl carbamates (subject to hydrolysis) is 1. The molecule has 27 heavy (non-hydrogen) atoms. The van der Waals surface area contributed by atoms with E-state index in [1.807, 2.05) is 27.7 Å². The highest BCUT2D eigenvalue weighted by atomic mass is 127. The molecule has 0 spiro atoms. The number of amides is 1. The summed E-state index contributed by atoms with van der Waals surface area (Å²) in [5.74, 6) is 0.503. The van der Waals surface area contributed by atoms with E-state index in [2.05, 4.69) is 20.9 Å². The van der Waals surface area contributed by atoms with Crippen molar-refractivity contribution in [2.75, 3.05) is 26.2 Å². The number of aliphatic imine (C=N–C) groups is 1. The van der Waals surface area contributed by atoms with Gasteiger partial charge in [-0.1, -0.05) is 12.1 Å². The number of hydrogen-bond donors (Lipinski definition) is 3. The van der Waals surface area contributed by atoms with Crippen molar-refractivity contribution in [3.8, 4) is 0 Å². The number of halogens is 2. The molecule has 0 unspecified atom stereocenters. The lowest BCUT2D eigenvalue weighted by atomic mass is 10.1. The largest absolute Gasteiger partial charge is 0.444 e. The van der Waals surface area contributed by atoms with Crippen LogP contribution in [0.25, 0.3) is 0 Å². The van der Waals surface area contributed by atoms with Crippen molar-refractivity contribution in [2.45, 2.75) is 46.1 Å². The molecule has 1 aromatic carbocycles. The van der Waals surface area contributed by atoms with Crippen molar-refractivity contribution in [1.29, 1.82) is 0 Å². The van der Waals surface area contributed by atoms with Crippen LogP contribution < -0.4 is 16.0 Å². The molecule has 1 amide bonds. The Hall–Kier alpha value is -1.58. The molecule has 0 atom stereocenters. The Labute approximate surface area is 178 Å². The van der Waals surface area contributed by atoms with Crippen LogP contribution in [0.4, 0.5) is 9.18 Å². The van der Waals surface area contributed by atoms with Gasteiger partial charge in [0.05, 0.1) is 0 Å². The Balaban J connectivity index is 0.00000676. The number of carbonyl (C=O) groups excluding carboxylic acids is 1. The average Bonchev–Trinajstić information content (AvgIpc) is 2.54. The molecule has 0 saturated carbocycles. The SMILES string of the molecule is CCNC(=NCCCNC(=O)OC(C)(C)C)NCCc1ccc(F)cc1.I. The highest BCUT2D eigenvalue weighted by molar-refractivity contribution is 14.0.